The Hall–Kier alpha value is -0.980. The van der Waals surface area contributed by atoms with E-state index in [1.165, 1.54) is 6.07 Å². The highest BCUT2D eigenvalue weighted by Gasteiger charge is 2.33. The SMILES string of the molecule is CCNC1COCC1C(=O)Nc1cc(F)c(Br)cc1C. The molecule has 6 heteroatoms. The molecule has 0 radical (unpaired) electrons. The van der Waals surface area contributed by atoms with Gasteiger partial charge in [0.05, 0.1) is 23.6 Å². The van der Waals surface area contributed by atoms with E-state index in [-0.39, 0.29) is 17.9 Å². The van der Waals surface area contributed by atoms with Gasteiger partial charge in [-0.3, -0.25) is 4.79 Å². The van der Waals surface area contributed by atoms with Gasteiger partial charge in [-0.2, -0.15) is 0 Å². The number of benzene rings is 1. The Morgan fingerprint density at radius 2 is 2.25 bits per heavy atom. The fraction of sp³-hybridized carbons (Fsp3) is 0.500. The minimum absolute atomic E-state index is 0.0144. The first kappa shape index (κ1) is 15.4. The maximum absolute atomic E-state index is 13.5. The van der Waals surface area contributed by atoms with Crippen LogP contribution in [-0.2, 0) is 9.53 Å². The van der Waals surface area contributed by atoms with Crippen molar-refractivity contribution < 1.29 is 13.9 Å². The molecule has 0 bridgehead atoms. The molecule has 2 N–H and O–H groups in total. The Bertz CT molecular complexity index is 510. The molecule has 2 rings (SSSR count). The number of amides is 1. The lowest BCUT2D eigenvalue weighted by molar-refractivity contribution is -0.120. The van der Waals surface area contributed by atoms with Crippen LogP contribution in [0.4, 0.5) is 10.1 Å². The van der Waals surface area contributed by atoms with Crippen molar-refractivity contribution in [3.63, 3.8) is 0 Å². The van der Waals surface area contributed by atoms with Gasteiger partial charge in [0.1, 0.15) is 5.82 Å². The zero-order valence-electron chi connectivity index (χ0n) is 11.5. The maximum Gasteiger partial charge on any atom is 0.231 e. The van der Waals surface area contributed by atoms with E-state index in [1.807, 2.05) is 13.8 Å². The molecule has 1 heterocycles. The number of ether oxygens (including phenoxy) is 1. The van der Waals surface area contributed by atoms with Crippen LogP contribution in [0.15, 0.2) is 16.6 Å². The van der Waals surface area contributed by atoms with Gasteiger partial charge in [0.15, 0.2) is 0 Å². The van der Waals surface area contributed by atoms with Crippen molar-refractivity contribution >= 4 is 27.5 Å². The number of hydrogen-bond acceptors (Lipinski definition) is 3. The van der Waals surface area contributed by atoms with Gasteiger partial charge in [0.25, 0.3) is 0 Å². The van der Waals surface area contributed by atoms with Gasteiger partial charge in [-0.15, -0.1) is 0 Å². The zero-order valence-corrected chi connectivity index (χ0v) is 13.1. The molecule has 1 aromatic carbocycles. The van der Waals surface area contributed by atoms with E-state index in [4.69, 9.17) is 4.74 Å². The Morgan fingerprint density at radius 3 is 2.95 bits per heavy atom. The van der Waals surface area contributed by atoms with Crippen molar-refractivity contribution in [3.05, 3.63) is 28.0 Å². The molecule has 1 amide bonds. The van der Waals surface area contributed by atoms with Gasteiger partial charge in [-0.05, 0) is 47.1 Å². The fourth-order valence-electron chi connectivity index (χ4n) is 2.28. The predicted octanol–water partition coefficient (Wildman–Crippen LogP) is 2.46. The van der Waals surface area contributed by atoms with Crippen LogP contribution in [0, 0.1) is 18.7 Å². The van der Waals surface area contributed by atoms with Gasteiger partial charge in [0, 0.05) is 11.7 Å². The lowest BCUT2D eigenvalue weighted by Gasteiger charge is -2.18. The Morgan fingerprint density at radius 1 is 1.50 bits per heavy atom. The number of carbonyl (C=O) groups excluding carboxylic acids is 1. The number of anilines is 1. The van der Waals surface area contributed by atoms with Crippen LogP contribution in [0.25, 0.3) is 0 Å². The molecule has 4 nitrogen and oxygen atoms in total. The molecule has 0 saturated carbocycles. The number of likely N-dealkylation sites (N-methyl/N-ethyl adjacent to an activating group) is 1. The lowest BCUT2D eigenvalue weighted by Crippen LogP contribution is -2.41. The van der Waals surface area contributed by atoms with Gasteiger partial charge >= 0.3 is 0 Å². The quantitative estimate of drug-likeness (QED) is 0.882. The van der Waals surface area contributed by atoms with E-state index in [1.54, 1.807) is 6.07 Å². The van der Waals surface area contributed by atoms with Crippen molar-refractivity contribution in [3.8, 4) is 0 Å². The summed E-state index contributed by atoms with van der Waals surface area (Å²) in [4.78, 5) is 12.3. The number of aryl methyl sites for hydroxylation is 1. The van der Waals surface area contributed by atoms with Crippen LogP contribution in [0.3, 0.4) is 0 Å². The molecular formula is C14H18BrFN2O2. The summed E-state index contributed by atoms with van der Waals surface area (Å²) < 4.78 is 19.3. The van der Waals surface area contributed by atoms with E-state index < -0.39 is 5.82 Å². The van der Waals surface area contributed by atoms with Crippen molar-refractivity contribution in [2.75, 3.05) is 25.1 Å². The Labute approximate surface area is 126 Å². The molecule has 20 heavy (non-hydrogen) atoms. The Balaban J connectivity index is 2.09. The molecular weight excluding hydrogens is 327 g/mol. The van der Waals surface area contributed by atoms with E-state index in [0.29, 0.717) is 23.4 Å². The monoisotopic (exact) mass is 344 g/mol. The molecule has 110 valence electrons. The van der Waals surface area contributed by atoms with Crippen LogP contribution >= 0.6 is 15.9 Å². The Kier molecular flexibility index (Phi) is 5.12. The average molecular weight is 345 g/mol. The van der Waals surface area contributed by atoms with Gasteiger partial charge in [-0.25, -0.2) is 4.39 Å². The van der Waals surface area contributed by atoms with Crippen LogP contribution in [0.2, 0.25) is 0 Å². The number of carbonyl (C=O) groups is 1. The molecule has 2 atom stereocenters. The first-order chi connectivity index (χ1) is 9.52. The molecule has 0 aromatic heterocycles. The summed E-state index contributed by atoms with van der Waals surface area (Å²) in [5.41, 5.74) is 1.31. The summed E-state index contributed by atoms with van der Waals surface area (Å²) in [5.74, 6) is -0.781. The van der Waals surface area contributed by atoms with Crippen LogP contribution in [-0.4, -0.2) is 31.7 Å². The summed E-state index contributed by atoms with van der Waals surface area (Å²) in [7, 11) is 0. The second-order valence-electron chi connectivity index (χ2n) is 4.88. The van der Waals surface area contributed by atoms with Crippen LogP contribution in [0.5, 0.6) is 0 Å². The maximum atomic E-state index is 13.5. The summed E-state index contributed by atoms with van der Waals surface area (Å²) in [6.07, 6.45) is 0. The molecule has 1 fully saturated rings. The largest absolute Gasteiger partial charge is 0.379 e. The fourth-order valence-corrected chi connectivity index (χ4v) is 2.74. The first-order valence-corrected chi connectivity index (χ1v) is 7.39. The molecule has 0 spiro atoms. The van der Waals surface area contributed by atoms with Crippen molar-refractivity contribution in [1.29, 1.82) is 0 Å². The molecule has 1 saturated heterocycles. The second kappa shape index (κ2) is 6.65. The van der Waals surface area contributed by atoms with Crippen LogP contribution < -0.4 is 10.6 Å². The minimum Gasteiger partial charge on any atom is -0.379 e. The minimum atomic E-state index is -0.392. The highest BCUT2D eigenvalue weighted by atomic mass is 79.9. The molecule has 2 unspecified atom stereocenters. The third-order valence-electron chi connectivity index (χ3n) is 3.41. The van der Waals surface area contributed by atoms with E-state index >= 15 is 0 Å². The van der Waals surface area contributed by atoms with Crippen molar-refractivity contribution in [1.82, 2.24) is 5.32 Å². The van der Waals surface area contributed by atoms with Crippen LogP contribution in [0.1, 0.15) is 12.5 Å². The third kappa shape index (κ3) is 3.37. The molecule has 1 aromatic rings. The smallest absolute Gasteiger partial charge is 0.231 e. The number of rotatable bonds is 4. The number of hydrogen-bond donors (Lipinski definition) is 2. The standard InChI is InChI=1S/C14H18BrFN2O2/c1-3-17-13-7-20-6-9(13)14(19)18-12-5-11(16)10(15)4-8(12)2/h4-5,9,13,17H,3,6-7H2,1-2H3,(H,18,19). The zero-order chi connectivity index (χ0) is 14.7. The summed E-state index contributed by atoms with van der Waals surface area (Å²) in [6.45, 7) is 5.51. The first-order valence-electron chi connectivity index (χ1n) is 6.60. The third-order valence-corrected chi connectivity index (χ3v) is 4.02. The highest BCUT2D eigenvalue weighted by molar-refractivity contribution is 9.10. The van der Waals surface area contributed by atoms with E-state index in [0.717, 1.165) is 12.1 Å². The molecule has 0 aliphatic carbocycles. The van der Waals surface area contributed by atoms with Gasteiger partial charge in [0.2, 0.25) is 5.91 Å². The normalized spacial score (nSPS) is 22.0. The lowest BCUT2D eigenvalue weighted by atomic mass is 10.0. The van der Waals surface area contributed by atoms with Crippen molar-refractivity contribution in [2.45, 2.75) is 19.9 Å². The van der Waals surface area contributed by atoms with Gasteiger partial charge < -0.3 is 15.4 Å². The molecule has 1 aliphatic rings. The average Bonchev–Trinajstić information content (AvgIpc) is 2.84. The second-order valence-corrected chi connectivity index (χ2v) is 5.73. The van der Waals surface area contributed by atoms with Crippen molar-refractivity contribution in [2.24, 2.45) is 5.92 Å². The summed E-state index contributed by atoms with van der Waals surface area (Å²) >= 11 is 3.13. The topological polar surface area (TPSA) is 50.4 Å². The number of nitrogens with one attached hydrogen (secondary N) is 2. The number of halogens is 2. The summed E-state index contributed by atoms with van der Waals surface area (Å²) in [6, 6.07) is 2.99. The molecule has 1 aliphatic heterocycles. The van der Waals surface area contributed by atoms with Gasteiger partial charge in [-0.1, -0.05) is 6.92 Å². The van der Waals surface area contributed by atoms with E-state index in [2.05, 4.69) is 26.6 Å². The van der Waals surface area contributed by atoms with E-state index in [9.17, 15) is 9.18 Å². The summed E-state index contributed by atoms with van der Waals surface area (Å²) in [5, 5.41) is 6.02. The predicted molar refractivity (Wildman–Crippen MR) is 79.2 cm³/mol. The highest BCUT2D eigenvalue weighted by Crippen LogP contribution is 2.25.